The molecule has 2 aliphatic rings. The Morgan fingerprint density at radius 2 is 1.72 bits per heavy atom. The maximum absolute atomic E-state index is 12.5. The number of carbonyl (C=O) groups is 2. The number of amides is 3. The van der Waals surface area contributed by atoms with Gasteiger partial charge >= 0.3 is 6.03 Å². The Morgan fingerprint density at radius 3 is 2.38 bits per heavy atom. The number of rotatable bonds is 5. The van der Waals surface area contributed by atoms with E-state index in [0.29, 0.717) is 11.6 Å². The summed E-state index contributed by atoms with van der Waals surface area (Å²) in [7, 11) is 0. The minimum absolute atomic E-state index is 0.0265. The van der Waals surface area contributed by atoms with Crippen LogP contribution in [0.15, 0.2) is 24.3 Å². The number of anilines is 1. The van der Waals surface area contributed by atoms with Gasteiger partial charge in [0, 0.05) is 25.3 Å². The fourth-order valence-electron chi connectivity index (χ4n) is 3.73. The van der Waals surface area contributed by atoms with Crippen LogP contribution in [-0.4, -0.2) is 71.1 Å². The van der Waals surface area contributed by atoms with Crippen molar-refractivity contribution in [1.29, 1.82) is 0 Å². The number of hydrogen-bond donors (Lipinski definition) is 4. The molecule has 1 aromatic carbocycles. The first-order valence-electron chi connectivity index (χ1n) is 10.2. The Kier molecular flexibility index (Phi) is 7.10. The van der Waals surface area contributed by atoms with Crippen molar-refractivity contribution in [2.24, 2.45) is 5.92 Å². The molecule has 0 spiro atoms. The Labute approximate surface area is 171 Å². The van der Waals surface area contributed by atoms with Gasteiger partial charge in [-0.2, -0.15) is 0 Å². The van der Waals surface area contributed by atoms with Crippen molar-refractivity contribution in [3.8, 4) is 0 Å². The van der Waals surface area contributed by atoms with Gasteiger partial charge in [-0.3, -0.25) is 4.79 Å². The van der Waals surface area contributed by atoms with Crippen molar-refractivity contribution in [1.82, 2.24) is 10.2 Å². The van der Waals surface area contributed by atoms with E-state index < -0.39 is 30.4 Å². The quantitative estimate of drug-likeness (QED) is 0.589. The van der Waals surface area contributed by atoms with Crippen molar-refractivity contribution in [2.75, 3.05) is 25.0 Å². The maximum atomic E-state index is 12.5. The highest BCUT2D eigenvalue weighted by Gasteiger charge is 2.43. The zero-order valence-electron chi connectivity index (χ0n) is 17.0. The molecule has 2 aliphatic heterocycles. The molecule has 8 heteroatoms. The summed E-state index contributed by atoms with van der Waals surface area (Å²) < 4.78 is 5.69. The van der Waals surface area contributed by atoms with Crippen LogP contribution in [0.1, 0.15) is 31.7 Å². The van der Waals surface area contributed by atoms with Gasteiger partial charge in [0.15, 0.2) is 0 Å². The first-order chi connectivity index (χ1) is 13.8. The fraction of sp³-hybridized carbons (Fsp3) is 0.619. The molecule has 3 rings (SSSR count). The molecule has 8 nitrogen and oxygen atoms in total. The van der Waals surface area contributed by atoms with Gasteiger partial charge in [-0.05, 0) is 37.8 Å². The van der Waals surface area contributed by atoms with Gasteiger partial charge in [0.05, 0.1) is 12.5 Å². The topological polar surface area (TPSA) is 111 Å². The van der Waals surface area contributed by atoms with Crippen LogP contribution < -0.4 is 10.6 Å². The number of nitrogens with one attached hydrogen (secondary N) is 2. The average molecular weight is 405 g/mol. The highest BCUT2D eigenvalue weighted by atomic mass is 16.5. The molecule has 0 radical (unpaired) electrons. The summed E-state index contributed by atoms with van der Waals surface area (Å²) in [5.41, 5.74) is 1.74. The number of carbonyl (C=O) groups excluding carboxylic acids is 2. The highest BCUT2D eigenvalue weighted by Crippen LogP contribution is 2.25. The summed E-state index contributed by atoms with van der Waals surface area (Å²) in [4.78, 5) is 26.3. The molecule has 29 heavy (non-hydrogen) atoms. The predicted molar refractivity (Wildman–Crippen MR) is 108 cm³/mol. The third-order valence-electron chi connectivity index (χ3n) is 5.75. The Hall–Kier alpha value is -2.16. The fourth-order valence-corrected chi connectivity index (χ4v) is 3.73. The number of aliphatic hydroxyl groups is 2. The van der Waals surface area contributed by atoms with Crippen molar-refractivity contribution in [2.45, 2.75) is 57.5 Å². The molecule has 3 amide bonds. The standard InChI is InChI=1S/C21H31N3O5/c1-13-3-5-15(6-4-13)23-21(28)22-12-17-20(27)19(26)16(29-17)11-18(25)24-9-7-14(2)8-10-24/h3-6,14,16-17,19-20,26-27H,7-12H2,1-2H3,(H2,22,23,28)/t16-,17+,19-,20+/m0/s1. The molecule has 0 unspecified atom stereocenters. The lowest BCUT2D eigenvalue weighted by Gasteiger charge is -2.31. The van der Waals surface area contributed by atoms with Gasteiger partial charge in [-0.1, -0.05) is 24.6 Å². The lowest BCUT2D eigenvalue weighted by molar-refractivity contribution is -0.136. The molecule has 0 aliphatic carbocycles. The molecule has 2 heterocycles. The molecule has 2 fully saturated rings. The summed E-state index contributed by atoms with van der Waals surface area (Å²) in [6, 6.07) is 6.94. The van der Waals surface area contributed by atoms with Gasteiger partial charge < -0.3 is 30.5 Å². The number of aryl methyl sites for hydroxylation is 1. The molecule has 0 saturated carbocycles. The van der Waals surface area contributed by atoms with Crippen LogP contribution >= 0.6 is 0 Å². The maximum Gasteiger partial charge on any atom is 0.319 e. The van der Waals surface area contributed by atoms with E-state index in [0.717, 1.165) is 31.5 Å². The van der Waals surface area contributed by atoms with E-state index in [4.69, 9.17) is 4.74 Å². The Bertz CT molecular complexity index is 703. The number of likely N-dealkylation sites (tertiary alicyclic amines) is 1. The first-order valence-corrected chi connectivity index (χ1v) is 10.2. The molecular weight excluding hydrogens is 374 g/mol. The number of piperidine rings is 1. The second kappa shape index (κ2) is 9.56. The molecule has 0 aromatic heterocycles. The van der Waals surface area contributed by atoms with Gasteiger partial charge in [0.25, 0.3) is 0 Å². The number of hydrogen-bond acceptors (Lipinski definition) is 5. The van der Waals surface area contributed by atoms with Crippen LogP contribution in [0.25, 0.3) is 0 Å². The monoisotopic (exact) mass is 405 g/mol. The van der Waals surface area contributed by atoms with Crippen molar-refractivity contribution in [3.63, 3.8) is 0 Å². The van der Waals surface area contributed by atoms with E-state index in [2.05, 4.69) is 17.6 Å². The van der Waals surface area contributed by atoms with E-state index >= 15 is 0 Å². The first kappa shape index (κ1) is 21.5. The van der Waals surface area contributed by atoms with E-state index in [1.54, 1.807) is 17.0 Å². The van der Waals surface area contributed by atoms with Crippen LogP contribution in [0.2, 0.25) is 0 Å². The minimum atomic E-state index is -1.16. The average Bonchev–Trinajstić information content (AvgIpc) is 2.96. The number of nitrogens with zero attached hydrogens (tertiary/aromatic N) is 1. The molecule has 4 N–H and O–H groups in total. The summed E-state index contributed by atoms with van der Waals surface area (Å²) in [6.45, 7) is 5.60. The lowest BCUT2D eigenvalue weighted by Crippen LogP contribution is -2.42. The van der Waals surface area contributed by atoms with Crippen LogP contribution in [0.5, 0.6) is 0 Å². The van der Waals surface area contributed by atoms with Gasteiger partial charge in [0.2, 0.25) is 5.91 Å². The summed E-state index contributed by atoms with van der Waals surface area (Å²) in [5, 5.41) is 25.9. The minimum Gasteiger partial charge on any atom is -0.388 e. The zero-order valence-corrected chi connectivity index (χ0v) is 17.0. The molecule has 160 valence electrons. The number of ether oxygens (including phenoxy) is 1. The normalized spacial score (nSPS) is 27.7. The van der Waals surface area contributed by atoms with E-state index in [1.807, 2.05) is 19.1 Å². The predicted octanol–water partition coefficient (Wildman–Crippen LogP) is 1.25. The van der Waals surface area contributed by atoms with Crippen LogP contribution in [-0.2, 0) is 9.53 Å². The largest absolute Gasteiger partial charge is 0.388 e. The van der Waals surface area contributed by atoms with E-state index in [1.165, 1.54) is 0 Å². The summed E-state index contributed by atoms with van der Waals surface area (Å²) in [6.07, 6.45) is -1.88. The highest BCUT2D eigenvalue weighted by molar-refractivity contribution is 5.89. The summed E-state index contributed by atoms with van der Waals surface area (Å²) in [5.74, 6) is 0.551. The molecular formula is C21H31N3O5. The van der Waals surface area contributed by atoms with E-state index in [9.17, 15) is 19.8 Å². The van der Waals surface area contributed by atoms with Gasteiger partial charge in [0.1, 0.15) is 18.3 Å². The van der Waals surface area contributed by atoms with Gasteiger partial charge in [-0.15, -0.1) is 0 Å². The third kappa shape index (κ3) is 5.68. The number of benzene rings is 1. The second-order valence-corrected chi connectivity index (χ2v) is 8.16. The third-order valence-corrected chi connectivity index (χ3v) is 5.75. The Morgan fingerprint density at radius 1 is 1.10 bits per heavy atom. The molecule has 4 atom stereocenters. The van der Waals surface area contributed by atoms with Crippen molar-refractivity contribution in [3.05, 3.63) is 29.8 Å². The van der Waals surface area contributed by atoms with Crippen LogP contribution in [0, 0.1) is 12.8 Å². The van der Waals surface area contributed by atoms with Crippen molar-refractivity contribution >= 4 is 17.6 Å². The Balaban J connectivity index is 1.45. The molecule has 0 bridgehead atoms. The lowest BCUT2D eigenvalue weighted by atomic mass is 9.98. The van der Waals surface area contributed by atoms with Crippen LogP contribution in [0.3, 0.4) is 0 Å². The van der Waals surface area contributed by atoms with Crippen LogP contribution in [0.4, 0.5) is 10.5 Å². The SMILES string of the molecule is Cc1ccc(NC(=O)NC[C@H]2O[C@@H](CC(=O)N3CCC(C)CC3)[C@H](O)[C@@H]2O)cc1. The number of urea groups is 1. The zero-order chi connectivity index (χ0) is 21.0. The second-order valence-electron chi connectivity index (χ2n) is 8.16. The smallest absolute Gasteiger partial charge is 0.319 e. The number of aliphatic hydroxyl groups excluding tert-OH is 2. The van der Waals surface area contributed by atoms with Crippen molar-refractivity contribution < 1.29 is 24.5 Å². The molecule has 1 aromatic rings. The molecule has 2 saturated heterocycles. The summed E-state index contributed by atoms with van der Waals surface area (Å²) >= 11 is 0. The van der Waals surface area contributed by atoms with Gasteiger partial charge in [-0.25, -0.2) is 4.79 Å². The van der Waals surface area contributed by atoms with E-state index in [-0.39, 0.29) is 18.9 Å².